The number of hydrogen-bond donors (Lipinski definition) is 0. The van der Waals surface area contributed by atoms with E-state index in [2.05, 4.69) is 0 Å². The Morgan fingerprint density at radius 3 is 1.12 bits per heavy atom. The van der Waals surface area contributed by atoms with Crippen molar-refractivity contribution in [2.24, 2.45) is 0 Å². The van der Waals surface area contributed by atoms with Gasteiger partial charge in [-0.15, -0.1) is 0 Å². The topological polar surface area (TPSA) is 80.3 Å². The second-order valence-electron chi connectivity index (χ2n) is 0.408. The summed E-state index contributed by atoms with van der Waals surface area (Å²) in [4.78, 5) is 0. The molecule has 0 fully saturated rings. The van der Waals surface area contributed by atoms with Crippen LogP contribution in [0.25, 0.3) is 0 Å². The zero-order valence-corrected chi connectivity index (χ0v) is 7.11. The molecule has 0 spiro atoms. The number of hydrogen-bond acceptors (Lipinski definition) is 4. The molecule has 0 rings (SSSR count). The van der Waals surface area contributed by atoms with Crippen LogP contribution in [0.15, 0.2) is 0 Å². The summed E-state index contributed by atoms with van der Waals surface area (Å²) < 4.78 is 34.1. The molecule has 0 aromatic carbocycles. The Bertz CT molecular complexity index is 99.2. The second-order valence-corrected chi connectivity index (χ2v) is 1.22. The van der Waals surface area contributed by atoms with Gasteiger partial charge in [0.2, 0.25) is 0 Å². The van der Waals surface area contributed by atoms with Gasteiger partial charge in [0.25, 0.3) is 0 Å². The first-order valence-electron chi connectivity index (χ1n) is 0.667. The summed E-state index contributed by atoms with van der Waals surface area (Å²) in [7, 11) is -5.17. The van der Waals surface area contributed by atoms with E-state index in [0.29, 0.717) is 0 Å². The van der Waals surface area contributed by atoms with Crippen molar-refractivity contribution in [1.29, 1.82) is 0 Å². The summed E-state index contributed by atoms with van der Waals surface area (Å²) in [6.07, 6.45) is 0. The molecule has 0 atom stereocenters. The zero-order chi connectivity index (χ0) is 4.50. The minimum Gasteiger partial charge on any atom is -1.00 e. The molecular formula is ClLiMgO4S. The zero-order valence-electron chi connectivity index (χ0n) is 4.13. The summed E-state index contributed by atoms with van der Waals surface area (Å²) in [6, 6.07) is 0. The molecule has 0 saturated heterocycles. The molecule has 0 aromatic rings. The van der Waals surface area contributed by atoms with E-state index in [1.54, 1.807) is 0 Å². The van der Waals surface area contributed by atoms with Gasteiger partial charge >= 0.3 is 41.9 Å². The molecular weight excluding hydrogens is 163 g/mol. The Morgan fingerprint density at radius 1 is 1.12 bits per heavy atom. The molecule has 8 heavy (non-hydrogen) atoms. The predicted octanol–water partition coefficient (Wildman–Crippen LogP) is -7.71. The average molecular weight is 163 g/mol. The monoisotopic (exact) mass is 162 g/mol. The molecule has 4 nitrogen and oxygen atoms in total. The molecule has 0 N–H and O–H groups in total. The van der Waals surface area contributed by atoms with Crippen LogP contribution in [0, 0.1) is 0 Å². The van der Waals surface area contributed by atoms with Crippen molar-refractivity contribution in [2.45, 2.75) is 0 Å². The largest absolute Gasteiger partial charge is 2.00 e. The molecule has 8 heteroatoms. The first-order chi connectivity index (χ1) is 2.00. The van der Waals surface area contributed by atoms with Crippen molar-refractivity contribution in [3.8, 4) is 0 Å². The van der Waals surface area contributed by atoms with Crippen molar-refractivity contribution < 1.29 is 48.8 Å². The van der Waals surface area contributed by atoms with Crippen LogP contribution in [0.1, 0.15) is 0 Å². The third kappa shape index (κ3) is 138. The van der Waals surface area contributed by atoms with E-state index in [4.69, 9.17) is 17.5 Å². The summed E-state index contributed by atoms with van der Waals surface area (Å²) >= 11 is 0. The van der Waals surface area contributed by atoms with Crippen LogP contribution >= 0.6 is 0 Å². The summed E-state index contributed by atoms with van der Waals surface area (Å²) in [5, 5.41) is 0. The molecule has 0 heterocycles. The Balaban J connectivity index is -0.0000000267. The molecule has 0 amide bonds. The quantitative estimate of drug-likeness (QED) is 0.201. The molecule has 0 aliphatic carbocycles. The van der Waals surface area contributed by atoms with Crippen molar-refractivity contribution in [3.63, 3.8) is 0 Å². The fraction of sp³-hybridized carbons (Fsp3) is 0. The third-order valence-electron chi connectivity index (χ3n) is 0. The third-order valence-corrected chi connectivity index (χ3v) is 0. The molecule has 0 unspecified atom stereocenters. The SMILES string of the molecule is O=S(=O)([O-])[O-].[Cl-].[Li+].[Mg+2]. The molecule has 0 bridgehead atoms. The predicted molar refractivity (Wildman–Crippen MR) is 16.2 cm³/mol. The van der Waals surface area contributed by atoms with Crippen LogP contribution in [0.5, 0.6) is 0 Å². The van der Waals surface area contributed by atoms with Crippen molar-refractivity contribution in [2.75, 3.05) is 0 Å². The van der Waals surface area contributed by atoms with Gasteiger partial charge in [-0.1, -0.05) is 0 Å². The van der Waals surface area contributed by atoms with Gasteiger partial charge in [0.05, 0.1) is 0 Å². The van der Waals surface area contributed by atoms with Crippen molar-refractivity contribution >= 4 is 33.5 Å². The normalized spacial score (nSPS) is 7.25. The van der Waals surface area contributed by atoms with E-state index in [1.807, 2.05) is 0 Å². The van der Waals surface area contributed by atoms with Gasteiger partial charge in [-0.25, -0.2) is 0 Å². The van der Waals surface area contributed by atoms with E-state index < -0.39 is 10.4 Å². The van der Waals surface area contributed by atoms with Crippen LogP contribution in [0.4, 0.5) is 0 Å². The van der Waals surface area contributed by atoms with E-state index in [0.717, 1.165) is 0 Å². The van der Waals surface area contributed by atoms with Crippen molar-refractivity contribution in [3.05, 3.63) is 0 Å². The van der Waals surface area contributed by atoms with Gasteiger partial charge in [0, 0.05) is 10.4 Å². The van der Waals surface area contributed by atoms with Crippen LogP contribution in [-0.4, -0.2) is 40.6 Å². The van der Waals surface area contributed by atoms with Gasteiger partial charge in [-0.2, -0.15) is 0 Å². The van der Waals surface area contributed by atoms with Gasteiger partial charge in [0.15, 0.2) is 0 Å². The van der Waals surface area contributed by atoms with E-state index in [9.17, 15) is 0 Å². The summed E-state index contributed by atoms with van der Waals surface area (Å²) in [5.41, 5.74) is 0. The van der Waals surface area contributed by atoms with Gasteiger partial charge in [-0.3, -0.25) is 8.42 Å². The molecule has 0 aromatic heterocycles. The molecule has 0 aliphatic rings. The first-order valence-corrected chi connectivity index (χ1v) is 2.00. The maximum atomic E-state index is 8.52. The smallest absolute Gasteiger partial charge is 1.00 e. The van der Waals surface area contributed by atoms with E-state index in [1.165, 1.54) is 0 Å². The Hall–Kier alpha value is 1.52. The Morgan fingerprint density at radius 2 is 1.12 bits per heavy atom. The number of halogens is 1. The van der Waals surface area contributed by atoms with Crippen LogP contribution in [0.2, 0.25) is 0 Å². The maximum Gasteiger partial charge on any atom is 2.00 e. The van der Waals surface area contributed by atoms with E-state index >= 15 is 0 Å². The molecule has 0 radical (unpaired) electrons. The number of rotatable bonds is 0. The summed E-state index contributed by atoms with van der Waals surface area (Å²) in [6.45, 7) is 0. The minimum atomic E-state index is -5.17. The standard InChI is InChI=1S/ClH.Li.Mg.H2O4S/c;;;1-5(2,3)4/h1H;;;(H2,1,2,3,4)/q;+1;+2;/p-3. The van der Waals surface area contributed by atoms with Crippen LogP contribution in [0.3, 0.4) is 0 Å². The molecule has 0 saturated carbocycles. The molecule has 0 aliphatic heterocycles. The Labute approximate surface area is 81.7 Å². The van der Waals surface area contributed by atoms with E-state index in [-0.39, 0.29) is 54.3 Å². The fourth-order valence-electron chi connectivity index (χ4n) is 0. The van der Waals surface area contributed by atoms with Gasteiger partial charge in [0.1, 0.15) is 0 Å². The van der Waals surface area contributed by atoms with Crippen molar-refractivity contribution in [1.82, 2.24) is 0 Å². The fourth-order valence-corrected chi connectivity index (χ4v) is 0. The average Bonchev–Trinajstić information content (AvgIpc) is 0.722. The minimum absolute atomic E-state index is 0. The maximum absolute atomic E-state index is 8.52. The van der Waals surface area contributed by atoms with Crippen LogP contribution in [-0.2, 0) is 10.4 Å². The first kappa shape index (κ1) is 22.7. The van der Waals surface area contributed by atoms with Gasteiger partial charge < -0.3 is 21.5 Å². The summed E-state index contributed by atoms with van der Waals surface area (Å²) in [5.74, 6) is 0. The molecule has 40 valence electrons. The Kier molecular flexibility index (Phi) is 24.2. The van der Waals surface area contributed by atoms with Crippen LogP contribution < -0.4 is 31.3 Å². The second kappa shape index (κ2) is 8.52. The van der Waals surface area contributed by atoms with Gasteiger partial charge in [-0.05, 0) is 0 Å².